The van der Waals surface area contributed by atoms with E-state index in [-0.39, 0.29) is 11.9 Å². The molecule has 0 bridgehead atoms. The van der Waals surface area contributed by atoms with Gasteiger partial charge < -0.3 is 20.5 Å². The van der Waals surface area contributed by atoms with Crippen LogP contribution < -0.4 is 20.5 Å². The molecule has 0 aliphatic carbocycles. The van der Waals surface area contributed by atoms with Crippen LogP contribution in [0.4, 0.5) is 0 Å². The zero-order valence-electron chi connectivity index (χ0n) is 14.2. The number of nitrogens with one attached hydrogen (secondary N) is 1. The lowest BCUT2D eigenvalue weighted by Crippen LogP contribution is -2.53. The van der Waals surface area contributed by atoms with E-state index in [1.54, 1.807) is 21.1 Å². The van der Waals surface area contributed by atoms with Gasteiger partial charge in [-0.05, 0) is 44.4 Å². The highest BCUT2D eigenvalue weighted by molar-refractivity contribution is 5.85. The number of nitrogens with two attached hydrogens (primary N) is 1. The molecule has 0 saturated carbocycles. The highest BCUT2D eigenvalue weighted by Crippen LogP contribution is 2.28. The molecule has 1 amide bonds. The van der Waals surface area contributed by atoms with Gasteiger partial charge in [-0.1, -0.05) is 19.4 Å². The molecule has 1 aromatic rings. The van der Waals surface area contributed by atoms with Gasteiger partial charge in [0.25, 0.3) is 0 Å². The van der Waals surface area contributed by atoms with Crippen molar-refractivity contribution in [3.63, 3.8) is 0 Å². The maximum absolute atomic E-state index is 12.2. The lowest BCUT2D eigenvalue weighted by Gasteiger charge is -2.25. The van der Waals surface area contributed by atoms with Crippen LogP contribution in [0.1, 0.15) is 39.2 Å². The van der Waals surface area contributed by atoms with Crippen molar-refractivity contribution >= 4 is 5.91 Å². The minimum Gasteiger partial charge on any atom is -0.493 e. The summed E-state index contributed by atoms with van der Waals surface area (Å²) in [5.41, 5.74) is 6.30. The number of methoxy groups -OCH3 is 2. The third-order valence-corrected chi connectivity index (χ3v) is 3.66. The van der Waals surface area contributed by atoms with E-state index in [0.29, 0.717) is 24.3 Å². The quantitative estimate of drug-likeness (QED) is 0.772. The summed E-state index contributed by atoms with van der Waals surface area (Å²) in [6.45, 7) is 5.76. The third-order valence-electron chi connectivity index (χ3n) is 3.66. The molecule has 1 rings (SSSR count). The predicted octanol–water partition coefficient (Wildman–Crippen LogP) is 2.27. The monoisotopic (exact) mass is 308 g/mol. The average molecular weight is 308 g/mol. The number of hydrogen-bond acceptors (Lipinski definition) is 4. The Morgan fingerprint density at radius 1 is 1.32 bits per heavy atom. The smallest absolute Gasteiger partial charge is 0.240 e. The molecule has 0 saturated heterocycles. The first-order chi connectivity index (χ1) is 10.3. The van der Waals surface area contributed by atoms with Crippen molar-refractivity contribution in [2.75, 3.05) is 14.2 Å². The molecule has 0 aliphatic rings. The van der Waals surface area contributed by atoms with E-state index in [4.69, 9.17) is 15.2 Å². The second-order valence-electron chi connectivity index (χ2n) is 5.94. The molecule has 3 N–H and O–H groups in total. The molecule has 22 heavy (non-hydrogen) atoms. The van der Waals surface area contributed by atoms with Crippen LogP contribution in [0.3, 0.4) is 0 Å². The fraction of sp³-hybridized carbons (Fsp3) is 0.588. The molecule has 2 unspecified atom stereocenters. The van der Waals surface area contributed by atoms with Gasteiger partial charge in [-0.15, -0.1) is 0 Å². The van der Waals surface area contributed by atoms with Crippen LogP contribution >= 0.6 is 0 Å². The lowest BCUT2D eigenvalue weighted by atomic mass is 9.95. The standard InChI is InChI=1S/C17H28N2O3/c1-6-9-17(3,18)16(20)19-12(2)10-13-7-8-14(21-4)15(11-13)22-5/h7-8,11-12H,6,9-10,18H2,1-5H3,(H,19,20). The highest BCUT2D eigenvalue weighted by Gasteiger charge is 2.28. The Hall–Kier alpha value is -1.75. The Bertz CT molecular complexity index is 501. The minimum absolute atomic E-state index is 0.00895. The molecule has 0 aromatic heterocycles. The molecule has 1 aromatic carbocycles. The first-order valence-corrected chi connectivity index (χ1v) is 7.64. The molecule has 124 valence electrons. The number of ether oxygens (including phenoxy) is 2. The molecule has 2 atom stereocenters. The largest absolute Gasteiger partial charge is 0.493 e. The maximum atomic E-state index is 12.2. The number of carbonyl (C=O) groups is 1. The van der Waals surface area contributed by atoms with Gasteiger partial charge in [0, 0.05) is 6.04 Å². The van der Waals surface area contributed by atoms with Gasteiger partial charge in [-0.3, -0.25) is 4.79 Å². The van der Waals surface area contributed by atoms with Crippen LogP contribution in [-0.2, 0) is 11.2 Å². The van der Waals surface area contributed by atoms with E-state index in [2.05, 4.69) is 5.32 Å². The highest BCUT2D eigenvalue weighted by atomic mass is 16.5. The number of hydrogen-bond donors (Lipinski definition) is 2. The topological polar surface area (TPSA) is 73.6 Å². The van der Waals surface area contributed by atoms with Crippen LogP contribution in [0.5, 0.6) is 11.5 Å². The molecule has 5 heteroatoms. The number of benzene rings is 1. The van der Waals surface area contributed by atoms with E-state index >= 15 is 0 Å². The Morgan fingerprint density at radius 3 is 2.50 bits per heavy atom. The zero-order chi connectivity index (χ0) is 16.8. The molecule has 0 radical (unpaired) electrons. The van der Waals surface area contributed by atoms with Crippen molar-refractivity contribution < 1.29 is 14.3 Å². The van der Waals surface area contributed by atoms with Crippen LogP contribution in [0, 0.1) is 0 Å². The average Bonchev–Trinajstić information content (AvgIpc) is 2.46. The summed E-state index contributed by atoms with van der Waals surface area (Å²) >= 11 is 0. The van der Waals surface area contributed by atoms with Crippen molar-refractivity contribution in [3.05, 3.63) is 23.8 Å². The van der Waals surface area contributed by atoms with Crippen LogP contribution in [0.25, 0.3) is 0 Å². The van der Waals surface area contributed by atoms with Gasteiger partial charge >= 0.3 is 0 Å². The Labute approximate surface area is 133 Å². The number of amides is 1. The van der Waals surface area contributed by atoms with Crippen molar-refractivity contribution in [3.8, 4) is 11.5 Å². The van der Waals surface area contributed by atoms with Gasteiger partial charge in [-0.2, -0.15) is 0 Å². The molecule has 0 aliphatic heterocycles. The fourth-order valence-electron chi connectivity index (χ4n) is 2.43. The van der Waals surface area contributed by atoms with E-state index < -0.39 is 5.54 Å². The molecule has 0 spiro atoms. The van der Waals surface area contributed by atoms with Gasteiger partial charge in [0.15, 0.2) is 11.5 Å². The summed E-state index contributed by atoms with van der Waals surface area (Å²) in [5.74, 6) is 1.27. The van der Waals surface area contributed by atoms with Gasteiger partial charge in [-0.25, -0.2) is 0 Å². The van der Waals surface area contributed by atoms with Gasteiger partial charge in [0.05, 0.1) is 19.8 Å². The molecule has 0 fully saturated rings. The lowest BCUT2D eigenvalue weighted by molar-refractivity contribution is -0.126. The zero-order valence-corrected chi connectivity index (χ0v) is 14.2. The van der Waals surface area contributed by atoms with Crippen LogP contribution in [0.15, 0.2) is 18.2 Å². The SMILES string of the molecule is CCCC(C)(N)C(=O)NC(C)Cc1ccc(OC)c(OC)c1. The second kappa shape index (κ2) is 8.03. The molecular formula is C17H28N2O3. The Balaban J connectivity index is 2.69. The van der Waals surface area contributed by atoms with Crippen molar-refractivity contribution in [2.24, 2.45) is 5.73 Å². The van der Waals surface area contributed by atoms with Gasteiger partial charge in [0.2, 0.25) is 5.91 Å². The van der Waals surface area contributed by atoms with Crippen molar-refractivity contribution in [2.45, 2.75) is 51.6 Å². The summed E-state index contributed by atoms with van der Waals surface area (Å²) in [5, 5.41) is 2.98. The normalized spacial score (nSPS) is 14.8. The first-order valence-electron chi connectivity index (χ1n) is 7.64. The molecular weight excluding hydrogens is 280 g/mol. The first kappa shape index (κ1) is 18.3. The summed E-state index contributed by atoms with van der Waals surface area (Å²) < 4.78 is 10.5. The number of carbonyl (C=O) groups excluding carboxylic acids is 1. The summed E-state index contributed by atoms with van der Waals surface area (Å²) in [6.07, 6.45) is 2.25. The summed E-state index contributed by atoms with van der Waals surface area (Å²) in [6, 6.07) is 5.75. The van der Waals surface area contributed by atoms with Crippen LogP contribution in [-0.4, -0.2) is 31.7 Å². The number of rotatable bonds is 8. The summed E-state index contributed by atoms with van der Waals surface area (Å²) in [4.78, 5) is 12.2. The summed E-state index contributed by atoms with van der Waals surface area (Å²) in [7, 11) is 3.22. The third kappa shape index (κ3) is 4.91. The van der Waals surface area contributed by atoms with E-state index in [1.807, 2.05) is 32.0 Å². The van der Waals surface area contributed by atoms with Crippen molar-refractivity contribution in [1.82, 2.24) is 5.32 Å². The molecule has 5 nitrogen and oxygen atoms in total. The predicted molar refractivity (Wildman–Crippen MR) is 88.4 cm³/mol. The Morgan fingerprint density at radius 2 is 1.95 bits per heavy atom. The van der Waals surface area contributed by atoms with Gasteiger partial charge in [0.1, 0.15) is 0 Å². The second-order valence-corrected chi connectivity index (χ2v) is 5.94. The van der Waals surface area contributed by atoms with E-state index in [0.717, 1.165) is 12.0 Å². The Kier molecular flexibility index (Phi) is 6.68. The molecule has 0 heterocycles. The minimum atomic E-state index is -0.819. The van der Waals surface area contributed by atoms with E-state index in [9.17, 15) is 4.79 Å². The van der Waals surface area contributed by atoms with Crippen LogP contribution in [0.2, 0.25) is 0 Å². The maximum Gasteiger partial charge on any atom is 0.240 e. The van der Waals surface area contributed by atoms with E-state index in [1.165, 1.54) is 0 Å². The fourth-order valence-corrected chi connectivity index (χ4v) is 2.43. The van der Waals surface area contributed by atoms with Crippen molar-refractivity contribution in [1.29, 1.82) is 0 Å².